The van der Waals surface area contributed by atoms with Crippen molar-refractivity contribution < 1.29 is 9.47 Å². The molecule has 5 nitrogen and oxygen atoms in total. The molecule has 1 saturated carbocycles. The molecule has 1 fully saturated rings. The van der Waals surface area contributed by atoms with Gasteiger partial charge in [0.15, 0.2) is 0 Å². The number of ether oxygens (including phenoxy) is 2. The van der Waals surface area contributed by atoms with Crippen LogP contribution in [0.5, 0.6) is 11.9 Å². The molecule has 2 rings (SSSR count). The van der Waals surface area contributed by atoms with E-state index in [1.165, 1.54) is 0 Å². The Labute approximate surface area is 101 Å². The summed E-state index contributed by atoms with van der Waals surface area (Å²) < 4.78 is 11.0. The molecule has 5 heteroatoms. The first-order valence-corrected chi connectivity index (χ1v) is 6.16. The van der Waals surface area contributed by atoms with Crippen LogP contribution in [-0.4, -0.2) is 28.7 Å². The lowest BCUT2D eigenvalue weighted by molar-refractivity contribution is 0.133. The monoisotopic (exact) mass is 237 g/mol. The minimum Gasteiger partial charge on any atom is -0.478 e. The number of hydrogen-bond acceptors (Lipinski definition) is 5. The van der Waals surface area contributed by atoms with Crippen LogP contribution < -0.4 is 15.2 Å². The summed E-state index contributed by atoms with van der Waals surface area (Å²) in [7, 11) is 0. The summed E-state index contributed by atoms with van der Waals surface area (Å²) in [6.07, 6.45) is 5.81. The molecule has 0 unspecified atom stereocenters. The molecule has 0 bridgehead atoms. The number of aromatic nitrogens is 2. The topological polar surface area (TPSA) is 70.3 Å². The average molecular weight is 237 g/mol. The first-order valence-electron chi connectivity index (χ1n) is 6.16. The Balaban J connectivity index is 1.91. The van der Waals surface area contributed by atoms with E-state index in [-0.39, 0.29) is 6.10 Å². The van der Waals surface area contributed by atoms with Gasteiger partial charge in [-0.15, -0.1) is 0 Å². The molecular weight excluding hydrogens is 218 g/mol. The van der Waals surface area contributed by atoms with Gasteiger partial charge in [-0.3, -0.25) is 0 Å². The van der Waals surface area contributed by atoms with Crippen molar-refractivity contribution in [2.45, 2.75) is 44.8 Å². The predicted molar refractivity (Wildman–Crippen MR) is 64.1 cm³/mol. The van der Waals surface area contributed by atoms with E-state index in [0.29, 0.717) is 24.5 Å². The molecule has 17 heavy (non-hydrogen) atoms. The van der Waals surface area contributed by atoms with E-state index in [1.807, 2.05) is 6.92 Å². The number of nitrogens with zero attached hydrogens (tertiary/aromatic N) is 2. The molecule has 2 N–H and O–H groups in total. The van der Waals surface area contributed by atoms with Crippen LogP contribution in [0, 0.1) is 0 Å². The predicted octanol–water partition coefficient (Wildman–Crippen LogP) is 1.52. The van der Waals surface area contributed by atoms with Crippen molar-refractivity contribution >= 4 is 0 Å². The minimum absolute atomic E-state index is 0.187. The number of rotatable bonds is 4. The molecule has 1 aromatic heterocycles. The van der Waals surface area contributed by atoms with Crippen LogP contribution in [0.15, 0.2) is 12.3 Å². The largest absolute Gasteiger partial charge is 0.478 e. The maximum absolute atomic E-state index is 5.85. The SMILES string of the molecule is CCOc1ccnc(OC2CCC(N)CC2)n1. The minimum atomic E-state index is 0.187. The maximum Gasteiger partial charge on any atom is 0.319 e. The van der Waals surface area contributed by atoms with Gasteiger partial charge in [0, 0.05) is 18.3 Å². The maximum atomic E-state index is 5.85. The average Bonchev–Trinajstić information content (AvgIpc) is 2.33. The Bertz CT molecular complexity index is 351. The van der Waals surface area contributed by atoms with E-state index in [9.17, 15) is 0 Å². The van der Waals surface area contributed by atoms with Gasteiger partial charge >= 0.3 is 6.01 Å². The van der Waals surface area contributed by atoms with E-state index in [2.05, 4.69) is 9.97 Å². The Hall–Kier alpha value is -1.36. The van der Waals surface area contributed by atoms with Crippen molar-refractivity contribution in [2.75, 3.05) is 6.61 Å². The smallest absolute Gasteiger partial charge is 0.319 e. The standard InChI is InChI=1S/C12H19N3O2/c1-2-16-11-7-8-14-12(15-11)17-10-5-3-9(13)4-6-10/h7-10H,2-6,13H2,1H3. The van der Waals surface area contributed by atoms with E-state index >= 15 is 0 Å². The third-order valence-electron chi connectivity index (χ3n) is 2.89. The molecule has 0 saturated heterocycles. The molecule has 0 aliphatic heterocycles. The van der Waals surface area contributed by atoms with Gasteiger partial charge < -0.3 is 15.2 Å². The number of nitrogens with two attached hydrogens (primary N) is 1. The van der Waals surface area contributed by atoms with Gasteiger partial charge in [0.1, 0.15) is 6.10 Å². The quantitative estimate of drug-likeness (QED) is 0.859. The van der Waals surface area contributed by atoms with Gasteiger partial charge in [-0.25, -0.2) is 4.98 Å². The normalized spacial score (nSPS) is 24.4. The number of hydrogen-bond donors (Lipinski definition) is 1. The second kappa shape index (κ2) is 5.82. The van der Waals surface area contributed by atoms with Gasteiger partial charge in [0.25, 0.3) is 0 Å². The Kier molecular flexibility index (Phi) is 4.14. The van der Waals surface area contributed by atoms with Crippen molar-refractivity contribution in [1.82, 2.24) is 9.97 Å². The van der Waals surface area contributed by atoms with Crippen LogP contribution in [0.1, 0.15) is 32.6 Å². The summed E-state index contributed by atoms with van der Waals surface area (Å²) >= 11 is 0. The highest BCUT2D eigenvalue weighted by molar-refractivity contribution is 5.11. The van der Waals surface area contributed by atoms with Gasteiger partial charge in [-0.1, -0.05) is 0 Å². The van der Waals surface area contributed by atoms with Crippen LogP contribution in [0.3, 0.4) is 0 Å². The summed E-state index contributed by atoms with van der Waals surface area (Å²) in [6, 6.07) is 2.45. The highest BCUT2D eigenvalue weighted by Crippen LogP contribution is 2.21. The van der Waals surface area contributed by atoms with Crippen LogP contribution in [0.25, 0.3) is 0 Å². The summed E-state index contributed by atoms with van der Waals surface area (Å²) in [6.45, 7) is 2.51. The van der Waals surface area contributed by atoms with Gasteiger partial charge in [0.2, 0.25) is 5.88 Å². The first-order chi connectivity index (χ1) is 8.28. The zero-order chi connectivity index (χ0) is 12.1. The lowest BCUT2D eigenvalue weighted by Gasteiger charge is -2.25. The van der Waals surface area contributed by atoms with E-state index in [0.717, 1.165) is 25.7 Å². The molecule has 1 aliphatic rings. The molecule has 0 aromatic carbocycles. The molecule has 1 heterocycles. The van der Waals surface area contributed by atoms with Gasteiger partial charge in [-0.2, -0.15) is 4.98 Å². The van der Waals surface area contributed by atoms with Crippen LogP contribution in [0.2, 0.25) is 0 Å². The fourth-order valence-corrected chi connectivity index (χ4v) is 1.97. The molecule has 1 aliphatic carbocycles. The summed E-state index contributed by atoms with van der Waals surface area (Å²) in [5, 5.41) is 0. The Morgan fingerprint density at radius 2 is 2.12 bits per heavy atom. The molecule has 94 valence electrons. The first kappa shape index (κ1) is 12.1. The summed E-state index contributed by atoms with van der Waals surface area (Å²) in [5.41, 5.74) is 5.85. The van der Waals surface area contributed by atoms with Crippen LogP contribution >= 0.6 is 0 Å². The molecule has 1 aromatic rings. The fraction of sp³-hybridized carbons (Fsp3) is 0.667. The lowest BCUT2D eigenvalue weighted by atomic mass is 9.94. The highest BCUT2D eigenvalue weighted by Gasteiger charge is 2.20. The van der Waals surface area contributed by atoms with Gasteiger partial charge in [-0.05, 0) is 32.6 Å². The lowest BCUT2D eigenvalue weighted by Crippen LogP contribution is -2.32. The highest BCUT2D eigenvalue weighted by atomic mass is 16.5. The van der Waals surface area contributed by atoms with Crippen molar-refractivity contribution in [3.63, 3.8) is 0 Å². The van der Waals surface area contributed by atoms with Crippen LogP contribution in [-0.2, 0) is 0 Å². The van der Waals surface area contributed by atoms with E-state index in [1.54, 1.807) is 12.3 Å². The molecule has 0 amide bonds. The molecular formula is C12H19N3O2. The summed E-state index contributed by atoms with van der Waals surface area (Å²) in [4.78, 5) is 8.28. The fourth-order valence-electron chi connectivity index (χ4n) is 1.97. The third-order valence-corrected chi connectivity index (χ3v) is 2.89. The molecule has 0 spiro atoms. The van der Waals surface area contributed by atoms with E-state index in [4.69, 9.17) is 15.2 Å². The Morgan fingerprint density at radius 1 is 1.35 bits per heavy atom. The van der Waals surface area contributed by atoms with Crippen molar-refractivity contribution in [2.24, 2.45) is 5.73 Å². The zero-order valence-electron chi connectivity index (χ0n) is 10.1. The van der Waals surface area contributed by atoms with Crippen molar-refractivity contribution in [3.8, 4) is 11.9 Å². The molecule has 0 radical (unpaired) electrons. The van der Waals surface area contributed by atoms with Crippen LogP contribution in [0.4, 0.5) is 0 Å². The molecule has 0 atom stereocenters. The van der Waals surface area contributed by atoms with Crippen molar-refractivity contribution in [3.05, 3.63) is 12.3 Å². The zero-order valence-corrected chi connectivity index (χ0v) is 10.1. The Morgan fingerprint density at radius 3 is 2.82 bits per heavy atom. The van der Waals surface area contributed by atoms with E-state index < -0.39 is 0 Å². The third kappa shape index (κ3) is 3.56. The van der Waals surface area contributed by atoms with Crippen molar-refractivity contribution in [1.29, 1.82) is 0 Å². The summed E-state index contributed by atoms with van der Waals surface area (Å²) in [5.74, 6) is 0.560. The second-order valence-electron chi connectivity index (χ2n) is 4.27. The second-order valence-corrected chi connectivity index (χ2v) is 4.27. The van der Waals surface area contributed by atoms with Gasteiger partial charge in [0.05, 0.1) is 6.61 Å².